The van der Waals surface area contributed by atoms with E-state index in [-0.39, 0.29) is 6.42 Å². The highest BCUT2D eigenvalue weighted by Gasteiger charge is 2.39. The van der Waals surface area contributed by atoms with Gasteiger partial charge in [0, 0.05) is 0 Å². The van der Waals surface area contributed by atoms with Gasteiger partial charge in [-0.3, -0.25) is 9.59 Å². The Hall–Kier alpha value is -2.05. The quantitative estimate of drug-likeness (QED) is 0.616. The zero-order valence-electron chi connectivity index (χ0n) is 12.5. The lowest BCUT2D eigenvalue weighted by atomic mass is 10.1. The fourth-order valence-corrected chi connectivity index (χ4v) is 1.54. The van der Waals surface area contributed by atoms with Gasteiger partial charge < -0.3 is 9.47 Å². The first-order valence-corrected chi connectivity index (χ1v) is 6.64. The van der Waals surface area contributed by atoms with Gasteiger partial charge in [-0.2, -0.15) is 13.2 Å². The van der Waals surface area contributed by atoms with Crippen LogP contribution in [0.25, 0.3) is 0 Å². The van der Waals surface area contributed by atoms with Crippen molar-refractivity contribution in [2.45, 2.75) is 45.9 Å². The number of alkyl halides is 3. The molecule has 0 N–H and O–H groups in total. The van der Waals surface area contributed by atoms with E-state index in [9.17, 15) is 22.8 Å². The van der Waals surface area contributed by atoms with Gasteiger partial charge in [0.25, 0.3) is 0 Å². The van der Waals surface area contributed by atoms with Gasteiger partial charge in [0.2, 0.25) is 0 Å². The fraction of sp³-hybridized carbons (Fsp3) is 0.467. The first-order valence-electron chi connectivity index (χ1n) is 6.64. The summed E-state index contributed by atoms with van der Waals surface area (Å²) in [6.45, 7) is 4.35. The highest BCUT2D eigenvalue weighted by Crippen LogP contribution is 2.23. The lowest BCUT2D eigenvalue weighted by molar-refractivity contribution is -0.216. The number of halogens is 3. The maximum Gasteiger partial charge on any atom is 0.425 e. The molecule has 1 aromatic rings. The first-order chi connectivity index (χ1) is 10.1. The van der Waals surface area contributed by atoms with Crippen molar-refractivity contribution in [2.24, 2.45) is 0 Å². The van der Waals surface area contributed by atoms with Crippen LogP contribution in [0.5, 0.6) is 5.75 Å². The molecule has 1 unspecified atom stereocenters. The molecule has 0 aromatic heterocycles. The van der Waals surface area contributed by atoms with Crippen LogP contribution in [-0.2, 0) is 14.3 Å². The third-order valence-electron chi connectivity index (χ3n) is 3.08. The van der Waals surface area contributed by atoms with E-state index in [1.807, 2.05) is 13.0 Å². The highest BCUT2D eigenvalue weighted by atomic mass is 19.4. The molecule has 0 heterocycles. The van der Waals surface area contributed by atoms with Crippen LogP contribution < -0.4 is 4.74 Å². The minimum Gasteiger partial charge on any atom is -0.453 e. The van der Waals surface area contributed by atoms with E-state index in [2.05, 4.69) is 4.74 Å². The highest BCUT2D eigenvalue weighted by molar-refractivity contribution is 5.79. The van der Waals surface area contributed by atoms with E-state index < -0.39 is 30.6 Å². The molecular formula is C15H17F3O4. The molecule has 0 saturated heterocycles. The van der Waals surface area contributed by atoms with E-state index in [0.717, 1.165) is 18.1 Å². The predicted octanol–water partition coefficient (Wildman–Crippen LogP) is 3.48. The summed E-state index contributed by atoms with van der Waals surface area (Å²) in [5.74, 6) is -1.44. The zero-order valence-corrected chi connectivity index (χ0v) is 12.5. The van der Waals surface area contributed by atoms with Crippen LogP contribution in [0.15, 0.2) is 18.2 Å². The Labute approximate surface area is 126 Å². The summed E-state index contributed by atoms with van der Waals surface area (Å²) in [5, 5.41) is 0. The Morgan fingerprint density at radius 3 is 2.32 bits per heavy atom. The molecule has 0 bridgehead atoms. The fourth-order valence-electron chi connectivity index (χ4n) is 1.54. The lowest BCUT2D eigenvalue weighted by Crippen LogP contribution is -2.31. The van der Waals surface area contributed by atoms with Crippen molar-refractivity contribution in [3.05, 3.63) is 29.3 Å². The van der Waals surface area contributed by atoms with E-state index in [4.69, 9.17) is 4.74 Å². The average molecular weight is 318 g/mol. The largest absolute Gasteiger partial charge is 0.453 e. The molecule has 0 fully saturated rings. The standard InChI is InChI=1S/C15H17F3O4/c1-9-5-4-6-12(10(9)2)22-14(20)8-7-13(19)21-11(3)15(16,17)18/h4-6,11H,7-8H2,1-3H3. The summed E-state index contributed by atoms with van der Waals surface area (Å²) < 4.78 is 45.9. The molecule has 1 atom stereocenters. The molecule has 0 amide bonds. The third kappa shape index (κ3) is 5.38. The molecule has 122 valence electrons. The Morgan fingerprint density at radius 1 is 1.14 bits per heavy atom. The zero-order chi connectivity index (χ0) is 16.9. The number of ether oxygens (including phenoxy) is 2. The minimum absolute atomic E-state index is 0.350. The summed E-state index contributed by atoms with van der Waals surface area (Å²) in [7, 11) is 0. The van der Waals surface area contributed by atoms with Gasteiger partial charge in [-0.1, -0.05) is 12.1 Å². The molecule has 0 spiro atoms. The van der Waals surface area contributed by atoms with Gasteiger partial charge in [0.1, 0.15) is 5.75 Å². The van der Waals surface area contributed by atoms with Crippen LogP contribution in [0.1, 0.15) is 30.9 Å². The van der Waals surface area contributed by atoms with Crippen LogP contribution in [0.3, 0.4) is 0 Å². The van der Waals surface area contributed by atoms with Crippen molar-refractivity contribution < 1.29 is 32.2 Å². The summed E-state index contributed by atoms with van der Waals surface area (Å²) in [5.41, 5.74) is 1.72. The second-order valence-electron chi connectivity index (χ2n) is 4.85. The van der Waals surface area contributed by atoms with E-state index in [0.29, 0.717) is 5.75 Å². The lowest BCUT2D eigenvalue weighted by Gasteiger charge is -2.16. The second-order valence-corrected chi connectivity index (χ2v) is 4.85. The number of esters is 2. The second kappa shape index (κ2) is 7.29. The van der Waals surface area contributed by atoms with Gasteiger partial charge in [0.05, 0.1) is 12.8 Å². The van der Waals surface area contributed by atoms with Gasteiger partial charge in [0.15, 0.2) is 6.10 Å². The van der Waals surface area contributed by atoms with Gasteiger partial charge >= 0.3 is 18.1 Å². The van der Waals surface area contributed by atoms with Gasteiger partial charge in [-0.15, -0.1) is 0 Å². The summed E-state index contributed by atoms with van der Waals surface area (Å²) in [4.78, 5) is 22.9. The van der Waals surface area contributed by atoms with Gasteiger partial charge in [-0.25, -0.2) is 0 Å². The monoisotopic (exact) mass is 318 g/mol. The van der Waals surface area contributed by atoms with Crippen molar-refractivity contribution >= 4 is 11.9 Å². The van der Waals surface area contributed by atoms with Crippen LogP contribution in [0.4, 0.5) is 13.2 Å². The Morgan fingerprint density at radius 2 is 1.73 bits per heavy atom. The molecular weight excluding hydrogens is 301 g/mol. The van der Waals surface area contributed by atoms with E-state index in [1.54, 1.807) is 19.1 Å². The molecule has 0 saturated carbocycles. The van der Waals surface area contributed by atoms with E-state index in [1.165, 1.54) is 0 Å². The third-order valence-corrected chi connectivity index (χ3v) is 3.08. The van der Waals surface area contributed by atoms with Crippen LogP contribution in [0, 0.1) is 13.8 Å². The molecule has 22 heavy (non-hydrogen) atoms. The van der Waals surface area contributed by atoms with Crippen molar-refractivity contribution in [1.82, 2.24) is 0 Å². The SMILES string of the molecule is Cc1cccc(OC(=O)CCC(=O)OC(C)C(F)(F)F)c1C. The topological polar surface area (TPSA) is 52.6 Å². The first kappa shape index (κ1) is 18.0. The van der Waals surface area contributed by atoms with Crippen molar-refractivity contribution in [3.63, 3.8) is 0 Å². The average Bonchev–Trinajstić information content (AvgIpc) is 2.40. The summed E-state index contributed by atoms with van der Waals surface area (Å²) in [6, 6.07) is 5.16. The number of rotatable bonds is 5. The van der Waals surface area contributed by atoms with Crippen LogP contribution in [0.2, 0.25) is 0 Å². The van der Waals surface area contributed by atoms with Crippen LogP contribution in [-0.4, -0.2) is 24.2 Å². The van der Waals surface area contributed by atoms with Crippen molar-refractivity contribution in [2.75, 3.05) is 0 Å². The van der Waals surface area contributed by atoms with Crippen molar-refractivity contribution in [1.29, 1.82) is 0 Å². The Bertz CT molecular complexity index is 552. The van der Waals surface area contributed by atoms with Crippen LogP contribution >= 0.6 is 0 Å². The molecule has 0 radical (unpaired) electrons. The number of benzene rings is 1. The molecule has 4 nitrogen and oxygen atoms in total. The maximum absolute atomic E-state index is 12.2. The smallest absolute Gasteiger partial charge is 0.425 e. The normalized spacial score (nSPS) is 12.6. The molecule has 0 aliphatic carbocycles. The number of hydrogen-bond acceptors (Lipinski definition) is 4. The molecule has 7 heteroatoms. The number of aryl methyl sites for hydroxylation is 1. The van der Waals surface area contributed by atoms with Crippen molar-refractivity contribution in [3.8, 4) is 5.75 Å². The summed E-state index contributed by atoms with van der Waals surface area (Å²) in [6.07, 6.45) is -7.63. The van der Waals surface area contributed by atoms with E-state index >= 15 is 0 Å². The summed E-state index contributed by atoms with van der Waals surface area (Å²) >= 11 is 0. The Kier molecular flexibility index (Phi) is 5.96. The predicted molar refractivity (Wildman–Crippen MR) is 72.4 cm³/mol. The van der Waals surface area contributed by atoms with Gasteiger partial charge in [-0.05, 0) is 38.0 Å². The minimum atomic E-state index is -4.62. The molecule has 1 aromatic carbocycles. The molecule has 1 rings (SSSR count). The molecule has 0 aliphatic heterocycles. The number of hydrogen-bond donors (Lipinski definition) is 0. The Balaban J connectivity index is 2.46. The molecule has 0 aliphatic rings. The maximum atomic E-state index is 12.2. The number of carbonyl (C=O) groups is 2. The number of carbonyl (C=O) groups excluding carboxylic acids is 2.